The van der Waals surface area contributed by atoms with Gasteiger partial charge >= 0.3 is 5.97 Å². The van der Waals surface area contributed by atoms with Crippen LogP contribution in [-0.2, 0) is 11.3 Å². The minimum absolute atomic E-state index is 0.405. The molecule has 0 unspecified atom stereocenters. The van der Waals surface area contributed by atoms with E-state index in [1.54, 1.807) is 6.07 Å². The smallest absolute Gasteiger partial charge is 0.341 e. The Labute approximate surface area is 117 Å². The van der Waals surface area contributed by atoms with Crippen molar-refractivity contribution in [1.82, 2.24) is 0 Å². The van der Waals surface area contributed by atoms with Crippen LogP contribution in [0.5, 0.6) is 5.75 Å². The van der Waals surface area contributed by atoms with Gasteiger partial charge in [0.05, 0.1) is 31.5 Å². The largest absolute Gasteiger partial charge is 0.492 e. The molecule has 1 aromatic carbocycles. The Bertz CT molecular complexity index is 577. The van der Waals surface area contributed by atoms with Gasteiger partial charge in [-0.2, -0.15) is 0 Å². The van der Waals surface area contributed by atoms with Gasteiger partial charge in [0.2, 0.25) is 0 Å². The molecule has 2 aromatic rings. The molecule has 0 atom stereocenters. The monoisotopic (exact) mass is 275 g/mol. The third-order valence-electron chi connectivity index (χ3n) is 2.71. The zero-order valence-corrected chi connectivity index (χ0v) is 11.5. The lowest BCUT2D eigenvalue weighted by Gasteiger charge is -2.10. The first-order valence-electron chi connectivity index (χ1n) is 6.36. The van der Waals surface area contributed by atoms with E-state index >= 15 is 0 Å². The number of hydrogen-bond donors (Lipinski definition) is 1. The fourth-order valence-electron chi connectivity index (χ4n) is 1.77. The van der Waals surface area contributed by atoms with Crippen molar-refractivity contribution >= 4 is 11.7 Å². The number of benzene rings is 1. The molecule has 1 heterocycles. The minimum Gasteiger partial charge on any atom is -0.492 e. The van der Waals surface area contributed by atoms with Gasteiger partial charge in [0, 0.05) is 0 Å². The van der Waals surface area contributed by atoms with Crippen LogP contribution in [0.15, 0.2) is 41.0 Å². The summed E-state index contributed by atoms with van der Waals surface area (Å²) < 4.78 is 15.4. The Morgan fingerprint density at radius 1 is 1.35 bits per heavy atom. The summed E-state index contributed by atoms with van der Waals surface area (Å²) in [5, 5.41) is 3.21. The van der Waals surface area contributed by atoms with E-state index in [1.165, 1.54) is 13.4 Å². The normalized spacial score (nSPS) is 10.1. The molecular formula is C15H17NO4. The second-order valence-electron chi connectivity index (χ2n) is 4.08. The Morgan fingerprint density at radius 2 is 2.15 bits per heavy atom. The fourth-order valence-corrected chi connectivity index (χ4v) is 1.77. The number of rotatable bonds is 6. The third kappa shape index (κ3) is 3.32. The highest BCUT2D eigenvalue weighted by molar-refractivity contribution is 5.89. The molecule has 5 nitrogen and oxygen atoms in total. The van der Waals surface area contributed by atoms with E-state index in [0.29, 0.717) is 24.5 Å². The number of furan rings is 1. The molecule has 0 bridgehead atoms. The van der Waals surface area contributed by atoms with Gasteiger partial charge in [-0.15, -0.1) is 0 Å². The van der Waals surface area contributed by atoms with Crippen LogP contribution in [0.4, 0.5) is 5.69 Å². The van der Waals surface area contributed by atoms with Gasteiger partial charge in [0.1, 0.15) is 17.8 Å². The molecule has 0 saturated carbocycles. The highest BCUT2D eigenvalue weighted by Gasteiger charge is 2.10. The van der Waals surface area contributed by atoms with Crippen molar-refractivity contribution in [3.63, 3.8) is 0 Å². The zero-order chi connectivity index (χ0) is 14.4. The number of carbonyl (C=O) groups excluding carboxylic acids is 1. The molecule has 2 rings (SSSR count). The van der Waals surface area contributed by atoms with Crippen molar-refractivity contribution < 1.29 is 18.7 Å². The van der Waals surface area contributed by atoms with Crippen molar-refractivity contribution in [1.29, 1.82) is 0 Å². The van der Waals surface area contributed by atoms with Crippen molar-refractivity contribution in [3.05, 3.63) is 47.9 Å². The predicted octanol–water partition coefficient (Wildman–Crippen LogP) is 3.08. The van der Waals surface area contributed by atoms with Crippen LogP contribution in [0, 0.1) is 0 Å². The molecule has 1 aromatic heterocycles. The first-order valence-corrected chi connectivity index (χ1v) is 6.36. The van der Waals surface area contributed by atoms with Gasteiger partial charge in [0.15, 0.2) is 0 Å². The van der Waals surface area contributed by atoms with Crippen molar-refractivity contribution in [2.45, 2.75) is 13.5 Å². The van der Waals surface area contributed by atoms with Crippen LogP contribution in [0.1, 0.15) is 23.0 Å². The lowest BCUT2D eigenvalue weighted by atomic mass is 10.2. The average molecular weight is 275 g/mol. The molecule has 0 spiro atoms. The maximum absolute atomic E-state index is 11.3. The van der Waals surface area contributed by atoms with E-state index in [2.05, 4.69) is 10.1 Å². The number of anilines is 1. The van der Waals surface area contributed by atoms with Crippen LogP contribution < -0.4 is 10.1 Å². The number of para-hydroxylation sites is 2. The summed E-state index contributed by atoms with van der Waals surface area (Å²) >= 11 is 0. The molecule has 0 saturated heterocycles. The highest BCUT2D eigenvalue weighted by atomic mass is 16.5. The quantitative estimate of drug-likeness (QED) is 0.821. The number of methoxy groups -OCH3 is 1. The van der Waals surface area contributed by atoms with E-state index in [1.807, 2.05) is 31.2 Å². The van der Waals surface area contributed by atoms with Gasteiger partial charge < -0.3 is 19.2 Å². The van der Waals surface area contributed by atoms with Crippen LogP contribution in [0.25, 0.3) is 0 Å². The van der Waals surface area contributed by atoms with Gasteiger partial charge in [-0.3, -0.25) is 0 Å². The minimum atomic E-state index is -0.408. The van der Waals surface area contributed by atoms with Gasteiger partial charge in [-0.05, 0) is 25.1 Å². The molecule has 0 radical (unpaired) electrons. The lowest BCUT2D eigenvalue weighted by molar-refractivity contribution is 0.0600. The van der Waals surface area contributed by atoms with Crippen LogP contribution in [0.2, 0.25) is 0 Å². The molecule has 20 heavy (non-hydrogen) atoms. The molecule has 0 aliphatic heterocycles. The van der Waals surface area contributed by atoms with Crippen LogP contribution in [0.3, 0.4) is 0 Å². The topological polar surface area (TPSA) is 60.7 Å². The van der Waals surface area contributed by atoms with Crippen LogP contribution in [-0.4, -0.2) is 19.7 Å². The molecule has 0 aliphatic rings. The summed E-state index contributed by atoms with van der Waals surface area (Å²) in [6.45, 7) is 3.00. The van der Waals surface area contributed by atoms with E-state index < -0.39 is 5.97 Å². The van der Waals surface area contributed by atoms with E-state index in [0.717, 1.165) is 11.4 Å². The first kappa shape index (κ1) is 14.0. The van der Waals surface area contributed by atoms with E-state index in [4.69, 9.17) is 9.15 Å². The molecular weight excluding hydrogens is 258 g/mol. The number of carbonyl (C=O) groups is 1. The lowest BCUT2D eigenvalue weighted by Crippen LogP contribution is -2.02. The van der Waals surface area contributed by atoms with Gasteiger partial charge in [-0.25, -0.2) is 4.79 Å². The third-order valence-corrected chi connectivity index (χ3v) is 2.71. The molecule has 106 valence electrons. The molecule has 0 aliphatic carbocycles. The first-order chi connectivity index (χ1) is 9.74. The van der Waals surface area contributed by atoms with Crippen molar-refractivity contribution in [3.8, 4) is 5.75 Å². The predicted molar refractivity (Wildman–Crippen MR) is 75.0 cm³/mol. The Hall–Kier alpha value is -2.43. The number of esters is 1. The number of hydrogen-bond acceptors (Lipinski definition) is 5. The maximum atomic E-state index is 11.3. The van der Waals surface area contributed by atoms with E-state index in [-0.39, 0.29) is 0 Å². The maximum Gasteiger partial charge on any atom is 0.341 e. The molecule has 5 heteroatoms. The highest BCUT2D eigenvalue weighted by Crippen LogP contribution is 2.24. The number of ether oxygens (including phenoxy) is 2. The summed E-state index contributed by atoms with van der Waals surface area (Å²) in [6, 6.07) is 9.32. The molecule has 1 N–H and O–H groups in total. The van der Waals surface area contributed by atoms with Crippen molar-refractivity contribution in [2.75, 3.05) is 19.0 Å². The molecule has 0 fully saturated rings. The summed E-state index contributed by atoms with van der Waals surface area (Å²) in [5.41, 5.74) is 1.28. The Kier molecular flexibility index (Phi) is 4.65. The summed E-state index contributed by atoms with van der Waals surface area (Å²) in [4.78, 5) is 11.3. The summed E-state index contributed by atoms with van der Waals surface area (Å²) in [5.74, 6) is 1.03. The SMILES string of the molecule is CCOc1ccccc1NCc1cc(C(=O)OC)co1. The second kappa shape index (κ2) is 6.65. The van der Waals surface area contributed by atoms with Gasteiger partial charge in [0.25, 0.3) is 0 Å². The van der Waals surface area contributed by atoms with Gasteiger partial charge in [-0.1, -0.05) is 12.1 Å². The second-order valence-corrected chi connectivity index (χ2v) is 4.08. The summed E-state index contributed by atoms with van der Waals surface area (Å²) in [6.07, 6.45) is 1.39. The molecule has 0 amide bonds. The average Bonchev–Trinajstić information content (AvgIpc) is 2.95. The van der Waals surface area contributed by atoms with Crippen LogP contribution >= 0.6 is 0 Å². The van der Waals surface area contributed by atoms with E-state index in [9.17, 15) is 4.79 Å². The zero-order valence-electron chi connectivity index (χ0n) is 11.5. The fraction of sp³-hybridized carbons (Fsp3) is 0.267. The standard InChI is InChI=1S/C15H17NO4/c1-3-19-14-7-5-4-6-13(14)16-9-12-8-11(10-20-12)15(17)18-2/h4-8,10,16H,3,9H2,1-2H3. The number of nitrogens with one attached hydrogen (secondary N) is 1. The van der Waals surface area contributed by atoms with Crippen molar-refractivity contribution in [2.24, 2.45) is 0 Å². The summed E-state index contributed by atoms with van der Waals surface area (Å²) in [7, 11) is 1.34. The Balaban J connectivity index is 2.02. The Morgan fingerprint density at radius 3 is 2.90 bits per heavy atom.